The van der Waals surface area contributed by atoms with Crippen LogP contribution in [-0.2, 0) is 6.18 Å². The third kappa shape index (κ3) is 6.64. The molecule has 0 bridgehead atoms. The first-order valence-corrected chi connectivity index (χ1v) is 12.3. The second-order valence-corrected chi connectivity index (χ2v) is 9.56. The summed E-state index contributed by atoms with van der Waals surface area (Å²) < 4.78 is 55.3. The van der Waals surface area contributed by atoms with Crippen LogP contribution in [-0.4, -0.2) is 54.0 Å². The molecule has 7 nitrogen and oxygen atoms in total. The first-order valence-electron chi connectivity index (χ1n) is 12.3. The molecule has 39 heavy (non-hydrogen) atoms. The van der Waals surface area contributed by atoms with E-state index in [0.29, 0.717) is 35.6 Å². The number of benzene rings is 2. The monoisotopic (exact) mass is 540 g/mol. The van der Waals surface area contributed by atoms with Gasteiger partial charge in [-0.25, -0.2) is 14.4 Å². The Kier molecular flexibility index (Phi) is 8.06. The smallest absolute Gasteiger partial charge is 0.368 e. The van der Waals surface area contributed by atoms with Crippen molar-refractivity contribution in [3.8, 4) is 11.8 Å². The number of nitrogens with zero attached hydrogens (tertiary/aromatic N) is 4. The minimum absolute atomic E-state index is 0.0419. The van der Waals surface area contributed by atoms with E-state index in [1.54, 1.807) is 6.92 Å². The molecule has 4 rings (SSSR count). The zero-order valence-electron chi connectivity index (χ0n) is 21.7. The van der Waals surface area contributed by atoms with E-state index in [1.165, 1.54) is 24.4 Å². The Morgan fingerprint density at radius 2 is 1.95 bits per heavy atom. The van der Waals surface area contributed by atoms with E-state index in [9.17, 15) is 22.4 Å². The molecule has 3 N–H and O–H groups in total. The maximum Gasteiger partial charge on any atom is 0.416 e. The second-order valence-electron chi connectivity index (χ2n) is 9.56. The fraction of sp³-hybridized carbons (Fsp3) is 0.321. The predicted octanol–water partition coefficient (Wildman–Crippen LogP) is 4.71. The minimum atomic E-state index is -4.61. The van der Waals surface area contributed by atoms with Crippen LogP contribution >= 0.6 is 0 Å². The molecule has 204 valence electrons. The summed E-state index contributed by atoms with van der Waals surface area (Å²) in [4.78, 5) is 25.1. The number of piperidine rings is 1. The molecule has 1 aromatic heterocycles. The summed E-state index contributed by atoms with van der Waals surface area (Å²) in [6, 6.07) is 7.17. The summed E-state index contributed by atoms with van der Waals surface area (Å²) in [5.74, 6) is 4.09. The topological polar surface area (TPSA) is 87.4 Å². The standard InChI is InChI=1S/C28H28F4N6O/c1-17-19(15-34-27(33)35-17)8-6-18-7-10-23(29)22(13-18)26(39)36-24-14-20(28(30,31)32)9-11-25(24)38-12-4-5-21(16-38)37(2)3/h7,9-11,13-15,21H,4-5,12,16H2,1-3H3,(H,36,39)(H2,33,34,35). The number of hydrogen-bond donors (Lipinski definition) is 2. The van der Waals surface area contributed by atoms with Crippen molar-refractivity contribution in [1.29, 1.82) is 0 Å². The number of likely N-dealkylation sites (N-methyl/N-ethyl adjacent to an activating group) is 1. The van der Waals surface area contributed by atoms with Crippen molar-refractivity contribution >= 4 is 23.2 Å². The van der Waals surface area contributed by atoms with Gasteiger partial charge in [-0.3, -0.25) is 4.79 Å². The van der Waals surface area contributed by atoms with Crippen LogP contribution in [0.3, 0.4) is 0 Å². The molecule has 0 saturated carbocycles. The summed E-state index contributed by atoms with van der Waals surface area (Å²) in [5, 5.41) is 2.52. The quantitative estimate of drug-likeness (QED) is 0.368. The van der Waals surface area contributed by atoms with Crippen LogP contribution in [0.25, 0.3) is 0 Å². The van der Waals surface area contributed by atoms with Gasteiger partial charge in [0.2, 0.25) is 5.95 Å². The second kappa shape index (κ2) is 11.3. The zero-order valence-corrected chi connectivity index (χ0v) is 21.7. The van der Waals surface area contributed by atoms with Crippen LogP contribution < -0.4 is 16.0 Å². The lowest BCUT2D eigenvalue weighted by Gasteiger charge is -2.38. The number of amides is 1. The Hall–Kier alpha value is -4.17. The van der Waals surface area contributed by atoms with Crippen LogP contribution in [0.4, 0.5) is 34.9 Å². The van der Waals surface area contributed by atoms with Gasteiger partial charge in [-0.05, 0) is 70.3 Å². The Balaban J connectivity index is 1.65. The lowest BCUT2D eigenvalue weighted by Crippen LogP contribution is -2.45. The van der Waals surface area contributed by atoms with Crippen molar-refractivity contribution in [2.24, 2.45) is 0 Å². The molecule has 1 atom stereocenters. The molecule has 1 unspecified atom stereocenters. The molecule has 0 spiro atoms. The number of nitrogen functional groups attached to an aromatic ring is 1. The van der Waals surface area contributed by atoms with Crippen LogP contribution in [0.15, 0.2) is 42.6 Å². The number of hydrogen-bond acceptors (Lipinski definition) is 6. The number of alkyl halides is 3. The number of anilines is 3. The lowest BCUT2D eigenvalue weighted by atomic mass is 10.0. The van der Waals surface area contributed by atoms with Gasteiger partial charge in [0.05, 0.1) is 33.8 Å². The van der Waals surface area contributed by atoms with Gasteiger partial charge in [0, 0.05) is 30.9 Å². The molecule has 1 aliphatic heterocycles. The SMILES string of the molecule is Cc1nc(N)ncc1C#Cc1ccc(F)c(C(=O)Nc2cc(C(F)(F)F)ccc2N2CCCC(N(C)C)C2)c1. The van der Waals surface area contributed by atoms with E-state index in [1.807, 2.05) is 19.0 Å². The first-order chi connectivity index (χ1) is 18.4. The van der Waals surface area contributed by atoms with Gasteiger partial charge in [-0.2, -0.15) is 13.2 Å². The van der Waals surface area contributed by atoms with E-state index in [2.05, 4.69) is 32.0 Å². The summed E-state index contributed by atoms with van der Waals surface area (Å²) in [7, 11) is 3.90. The molecule has 2 heterocycles. The van der Waals surface area contributed by atoms with Gasteiger partial charge in [0.1, 0.15) is 5.82 Å². The predicted molar refractivity (Wildman–Crippen MR) is 142 cm³/mol. The normalized spacial score (nSPS) is 15.6. The van der Waals surface area contributed by atoms with Gasteiger partial charge in [-0.15, -0.1) is 0 Å². The largest absolute Gasteiger partial charge is 0.416 e. The van der Waals surface area contributed by atoms with Crippen LogP contribution in [0.1, 0.15) is 45.6 Å². The average Bonchev–Trinajstić information content (AvgIpc) is 2.88. The van der Waals surface area contributed by atoms with Crippen molar-refractivity contribution in [3.63, 3.8) is 0 Å². The number of carbonyl (C=O) groups excluding carboxylic acids is 1. The number of aromatic nitrogens is 2. The van der Waals surface area contributed by atoms with Crippen LogP contribution in [0.5, 0.6) is 0 Å². The fourth-order valence-corrected chi connectivity index (χ4v) is 4.40. The number of aryl methyl sites for hydroxylation is 1. The number of rotatable bonds is 4. The van der Waals surface area contributed by atoms with Crippen molar-refractivity contribution in [2.45, 2.75) is 32.0 Å². The van der Waals surface area contributed by atoms with Gasteiger partial charge in [-0.1, -0.05) is 11.8 Å². The van der Waals surface area contributed by atoms with Crippen molar-refractivity contribution in [2.75, 3.05) is 43.1 Å². The third-order valence-electron chi connectivity index (χ3n) is 6.59. The molecule has 0 aliphatic carbocycles. The summed E-state index contributed by atoms with van der Waals surface area (Å²) in [6.07, 6.45) is -1.37. The molecule has 11 heteroatoms. The van der Waals surface area contributed by atoms with Gasteiger partial charge < -0.3 is 20.9 Å². The molecule has 2 aromatic carbocycles. The molecule has 1 fully saturated rings. The molecular weight excluding hydrogens is 512 g/mol. The maximum absolute atomic E-state index is 14.7. The Morgan fingerprint density at radius 3 is 2.64 bits per heavy atom. The van der Waals surface area contributed by atoms with E-state index in [-0.39, 0.29) is 23.2 Å². The third-order valence-corrected chi connectivity index (χ3v) is 6.59. The average molecular weight is 541 g/mol. The van der Waals surface area contributed by atoms with Crippen molar-refractivity contribution in [3.05, 3.63) is 76.4 Å². The van der Waals surface area contributed by atoms with Gasteiger partial charge in [0.25, 0.3) is 5.91 Å². The van der Waals surface area contributed by atoms with E-state index in [4.69, 9.17) is 5.73 Å². The Labute approximate surface area is 224 Å². The van der Waals surface area contributed by atoms with Crippen molar-refractivity contribution < 1.29 is 22.4 Å². The maximum atomic E-state index is 14.7. The summed E-state index contributed by atoms with van der Waals surface area (Å²) in [5.41, 5.74) is 6.08. The number of halogens is 4. The zero-order chi connectivity index (χ0) is 28.3. The fourth-order valence-electron chi connectivity index (χ4n) is 4.40. The molecule has 0 radical (unpaired) electrons. The van der Waals surface area contributed by atoms with Gasteiger partial charge in [0.15, 0.2) is 0 Å². The van der Waals surface area contributed by atoms with Crippen LogP contribution in [0.2, 0.25) is 0 Å². The van der Waals surface area contributed by atoms with E-state index >= 15 is 0 Å². The highest BCUT2D eigenvalue weighted by Crippen LogP contribution is 2.37. The van der Waals surface area contributed by atoms with Crippen molar-refractivity contribution in [1.82, 2.24) is 14.9 Å². The van der Waals surface area contributed by atoms with Crippen LogP contribution in [0, 0.1) is 24.6 Å². The molecule has 1 saturated heterocycles. The Morgan fingerprint density at radius 1 is 1.18 bits per heavy atom. The summed E-state index contributed by atoms with van der Waals surface area (Å²) in [6.45, 7) is 2.91. The number of carbonyl (C=O) groups is 1. The number of nitrogens with two attached hydrogens (primary N) is 1. The molecule has 1 aliphatic rings. The Bertz CT molecular complexity index is 1440. The molecule has 3 aromatic rings. The lowest BCUT2D eigenvalue weighted by molar-refractivity contribution is -0.137. The van der Waals surface area contributed by atoms with Gasteiger partial charge >= 0.3 is 6.18 Å². The van der Waals surface area contributed by atoms with E-state index in [0.717, 1.165) is 31.0 Å². The summed E-state index contributed by atoms with van der Waals surface area (Å²) >= 11 is 0. The highest BCUT2D eigenvalue weighted by atomic mass is 19.4. The number of nitrogens with one attached hydrogen (secondary N) is 1. The molecular formula is C28H28F4N6O. The first kappa shape index (κ1) is 27.9. The van der Waals surface area contributed by atoms with E-state index < -0.39 is 23.5 Å². The molecule has 1 amide bonds. The highest BCUT2D eigenvalue weighted by molar-refractivity contribution is 6.06. The highest BCUT2D eigenvalue weighted by Gasteiger charge is 2.32. The minimum Gasteiger partial charge on any atom is -0.368 e.